The zero-order chi connectivity index (χ0) is 27.9. The summed E-state index contributed by atoms with van der Waals surface area (Å²) in [6, 6.07) is 12.9. The number of nitrogens with zero attached hydrogens (tertiary/aromatic N) is 2. The summed E-state index contributed by atoms with van der Waals surface area (Å²) in [4.78, 5) is 14.1. The quantitative estimate of drug-likeness (QED) is 0.220. The lowest BCUT2D eigenvalue weighted by Crippen LogP contribution is -2.34. The second kappa shape index (κ2) is 13.2. The second-order valence-electron chi connectivity index (χ2n) is 10.2. The van der Waals surface area contributed by atoms with Gasteiger partial charge in [0, 0.05) is 31.3 Å². The van der Waals surface area contributed by atoms with Gasteiger partial charge in [0.25, 0.3) is 0 Å². The second-order valence-corrected chi connectivity index (χ2v) is 10.6. The highest BCUT2D eigenvalue weighted by atomic mass is 35.5. The third-order valence-corrected chi connectivity index (χ3v) is 7.81. The number of hydrogen-bond acceptors (Lipinski definition) is 5. The van der Waals surface area contributed by atoms with Crippen LogP contribution in [0.2, 0.25) is 5.02 Å². The van der Waals surface area contributed by atoms with E-state index in [0.29, 0.717) is 24.6 Å². The van der Waals surface area contributed by atoms with Crippen LogP contribution in [0.15, 0.2) is 48.5 Å². The molecule has 1 heterocycles. The van der Waals surface area contributed by atoms with Crippen LogP contribution in [0, 0.1) is 11.7 Å². The molecule has 0 aliphatic heterocycles. The Hall–Kier alpha value is -3.23. The molecule has 9 heteroatoms. The third kappa shape index (κ3) is 7.46. The Labute approximate surface area is 233 Å². The molecule has 0 saturated heterocycles. The first-order valence-corrected chi connectivity index (χ1v) is 13.9. The maximum absolute atomic E-state index is 14.4. The molecule has 1 aromatic heterocycles. The lowest BCUT2D eigenvalue weighted by molar-refractivity contribution is -0.138. The van der Waals surface area contributed by atoms with Gasteiger partial charge in [-0.3, -0.25) is 14.3 Å². The Morgan fingerprint density at radius 2 is 1.85 bits per heavy atom. The van der Waals surface area contributed by atoms with Gasteiger partial charge in [-0.15, -0.1) is 0 Å². The molecule has 0 bridgehead atoms. The summed E-state index contributed by atoms with van der Waals surface area (Å²) in [6.45, 7) is 3.83. The topological polar surface area (TPSA) is 95.2 Å². The van der Waals surface area contributed by atoms with Crippen LogP contribution >= 0.6 is 11.6 Å². The molecule has 1 unspecified atom stereocenters. The van der Waals surface area contributed by atoms with E-state index in [0.717, 1.165) is 42.7 Å². The molecular weight excluding hydrogens is 523 g/mol. The van der Waals surface area contributed by atoms with Crippen molar-refractivity contribution < 1.29 is 29.2 Å². The molecule has 1 aliphatic rings. The van der Waals surface area contributed by atoms with E-state index in [2.05, 4.69) is 11.0 Å². The predicted octanol–water partition coefficient (Wildman–Crippen LogP) is 6.54. The minimum absolute atomic E-state index is 0.0144. The van der Waals surface area contributed by atoms with Crippen molar-refractivity contribution in [2.24, 2.45) is 5.92 Å². The van der Waals surface area contributed by atoms with E-state index in [1.54, 1.807) is 6.07 Å². The number of aryl methyl sites for hydroxylation is 1. The Morgan fingerprint density at radius 1 is 1.13 bits per heavy atom. The molecule has 2 aromatic carbocycles. The van der Waals surface area contributed by atoms with E-state index >= 15 is 0 Å². The van der Waals surface area contributed by atoms with Gasteiger partial charge in [0.15, 0.2) is 11.8 Å². The molecule has 0 spiro atoms. The van der Waals surface area contributed by atoms with Gasteiger partial charge in [-0.2, -0.15) is 0 Å². The molecule has 210 valence electrons. The summed E-state index contributed by atoms with van der Waals surface area (Å²) in [5.74, 6) is -0.363. The summed E-state index contributed by atoms with van der Waals surface area (Å²) in [7, 11) is 0. The maximum atomic E-state index is 14.4. The molecule has 4 rings (SSSR count). The Morgan fingerprint density at radius 3 is 2.49 bits per heavy atom. The van der Waals surface area contributed by atoms with Crippen molar-refractivity contribution in [3.8, 4) is 17.5 Å². The molecule has 1 fully saturated rings. The molecule has 0 radical (unpaired) electrons. The molecule has 0 amide bonds. The van der Waals surface area contributed by atoms with E-state index in [1.807, 2.05) is 19.1 Å². The van der Waals surface area contributed by atoms with E-state index in [1.165, 1.54) is 41.7 Å². The van der Waals surface area contributed by atoms with E-state index in [-0.39, 0.29) is 29.8 Å². The van der Waals surface area contributed by atoms with Gasteiger partial charge in [-0.05, 0) is 60.1 Å². The number of carboxylic acids is 1. The van der Waals surface area contributed by atoms with Crippen LogP contribution in [0.25, 0.3) is 0 Å². The lowest BCUT2D eigenvalue weighted by atomic mass is 9.97. The van der Waals surface area contributed by atoms with E-state index < -0.39 is 17.8 Å². The largest absolute Gasteiger partial charge is 0.494 e. The number of carbonyl (C=O) groups is 1. The van der Waals surface area contributed by atoms with Crippen LogP contribution in [-0.4, -0.2) is 43.9 Å². The van der Waals surface area contributed by atoms with Gasteiger partial charge >= 0.3 is 5.97 Å². The van der Waals surface area contributed by atoms with Crippen LogP contribution in [-0.2, 0) is 24.3 Å². The van der Waals surface area contributed by atoms with Crippen molar-refractivity contribution in [2.75, 3.05) is 13.2 Å². The van der Waals surface area contributed by atoms with Crippen LogP contribution in [0.4, 0.5) is 4.39 Å². The summed E-state index contributed by atoms with van der Waals surface area (Å²) < 4.78 is 21.8. The summed E-state index contributed by atoms with van der Waals surface area (Å²) in [6.07, 6.45) is 5.13. The molecule has 1 saturated carbocycles. The van der Waals surface area contributed by atoms with E-state index in [4.69, 9.17) is 16.3 Å². The van der Waals surface area contributed by atoms with Crippen molar-refractivity contribution >= 4 is 17.6 Å². The highest BCUT2D eigenvalue weighted by molar-refractivity contribution is 6.30. The summed E-state index contributed by atoms with van der Waals surface area (Å²) in [5, 5.41) is 29.4. The number of halogens is 2. The number of rotatable bonds is 13. The minimum Gasteiger partial charge on any atom is -0.494 e. The molecular formula is C30H36ClFN2O5. The van der Waals surface area contributed by atoms with Crippen molar-refractivity contribution in [1.82, 2.24) is 9.47 Å². The van der Waals surface area contributed by atoms with Gasteiger partial charge < -0.3 is 20.1 Å². The fourth-order valence-electron chi connectivity index (χ4n) is 5.47. The SMILES string of the molecule is CCc1cc(CN(CC2CCCC2)C(CC(=O)O)c2ccc(Cl)c(F)c2)ccc1OCCn1c(O)ccc1O. The number of ether oxygens (including phenoxy) is 1. The summed E-state index contributed by atoms with van der Waals surface area (Å²) in [5.41, 5.74) is 2.62. The fraction of sp³-hybridized carbons (Fsp3) is 0.433. The van der Waals surface area contributed by atoms with Gasteiger partial charge in [0.05, 0.1) is 18.0 Å². The number of carboxylic acid groups (broad SMARTS) is 1. The van der Waals surface area contributed by atoms with Crippen molar-refractivity contribution in [1.29, 1.82) is 0 Å². The lowest BCUT2D eigenvalue weighted by Gasteiger charge is -2.34. The molecule has 1 aliphatic carbocycles. The number of aromatic nitrogens is 1. The van der Waals surface area contributed by atoms with Crippen LogP contribution in [0.3, 0.4) is 0 Å². The minimum atomic E-state index is -0.940. The van der Waals surface area contributed by atoms with Crippen LogP contribution in [0.1, 0.15) is 61.8 Å². The van der Waals surface area contributed by atoms with Gasteiger partial charge in [0.1, 0.15) is 18.2 Å². The monoisotopic (exact) mass is 558 g/mol. The van der Waals surface area contributed by atoms with Gasteiger partial charge in [-0.25, -0.2) is 4.39 Å². The maximum Gasteiger partial charge on any atom is 0.305 e. The van der Waals surface area contributed by atoms with Crippen molar-refractivity contribution in [3.05, 3.63) is 76.1 Å². The van der Waals surface area contributed by atoms with Crippen LogP contribution in [0.5, 0.6) is 17.5 Å². The Kier molecular flexibility index (Phi) is 9.75. The number of aliphatic carboxylic acids is 1. The zero-order valence-corrected chi connectivity index (χ0v) is 22.9. The molecule has 3 N–H and O–H groups in total. The average molecular weight is 559 g/mol. The van der Waals surface area contributed by atoms with Crippen molar-refractivity contribution in [2.45, 2.75) is 64.6 Å². The molecule has 1 atom stereocenters. The molecule has 3 aromatic rings. The Bertz CT molecular complexity index is 1250. The first-order valence-electron chi connectivity index (χ1n) is 13.5. The highest BCUT2D eigenvalue weighted by Crippen LogP contribution is 2.34. The highest BCUT2D eigenvalue weighted by Gasteiger charge is 2.28. The number of aromatic hydroxyl groups is 2. The first kappa shape index (κ1) is 28.8. The standard InChI is InChI=1S/C30H36ClFN2O5/c1-2-22-15-21(7-10-27(22)39-14-13-34-28(35)11-12-29(34)36)19-33(18-20-5-3-4-6-20)26(17-30(37)38)23-8-9-24(31)25(32)16-23/h7-12,15-16,20,26,35-36H,2-6,13-14,17-19H2,1H3,(H,37,38). The normalized spacial score (nSPS) is 14.7. The van der Waals surface area contributed by atoms with Crippen LogP contribution < -0.4 is 4.74 Å². The predicted molar refractivity (Wildman–Crippen MR) is 148 cm³/mol. The number of hydrogen-bond donors (Lipinski definition) is 3. The van der Waals surface area contributed by atoms with Crippen molar-refractivity contribution in [3.63, 3.8) is 0 Å². The van der Waals surface area contributed by atoms with E-state index in [9.17, 15) is 24.5 Å². The summed E-state index contributed by atoms with van der Waals surface area (Å²) >= 11 is 5.92. The average Bonchev–Trinajstić information content (AvgIpc) is 3.54. The zero-order valence-electron chi connectivity index (χ0n) is 22.2. The van der Waals surface area contributed by atoms with Gasteiger partial charge in [0.2, 0.25) is 0 Å². The Balaban J connectivity index is 1.55. The fourth-order valence-corrected chi connectivity index (χ4v) is 5.59. The smallest absolute Gasteiger partial charge is 0.305 e. The molecule has 39 heavy (non-hydrogen) atoms. The number of benzene rings is 2. The third-order valence-electron chi connectivity index (χ3n) is 7.50. The molecule has 7 nitrogen and oxygen atoms in total. The van der Waals surface area contributed by atoms with Gasteiger partial charge in [-0.1, -0.05) is 49.6 Å². The first-order chi connectivity index (χ1) is 18.7.